The van der Waals surface area contributed by atoms with Crippen molar-refractivity contribution in [3.63, 3.8) is 0 Å². The molecule has 0 spiro atoms. The first kappa shape index (κ1) is 9.89. The maximum absolute atomic E-state index is 3.20. The molecule has 32 valence electrons. The van der Waals surface area contributed by atoms with E-state index in [0.717, 1.165) is 10.7 Å². The van der Waals surface area contributed by atoms with Crippen molar-refractivity contribution in [1.82, 2.24) is 0 Å². The summed E-state index contributed by atoms with van der Waals surface area (Å²) in [4.78, 5) is 0. The Morgan fingerprint density at radius 3 is 1.20 bits per heavy atom. The van der Waals surface area contributed by atoms with Gasteiger partial charge in [-0.3, -0.25) is 0 Å². The van der Waals surface area contributed by atoms with E-state index in [1.807, 2.05) is 0 Å². The molecule has 0 aromatic heterocycles. The van der Waals surface area contributed by atoms with Gasteiger partial charge in [-0.25, -0.2) is 0 Å². The van der Waals surface area contributed by atoms with Gasteiger partial charge in [0.2, 0.25) is 0 Å². The summed E-state index contributed by atoms with van der Waals surface area (Å²) in [7, 11) is 0. The monoisotopic (exact) mass is 316 g/mol. The van der Waals surface area contributed by atoms with Crippen molar-refractivity contribution >= 4 is 55.5 Å². The minimum absolute atomic E-state index is 0. The first-order chi connectivity index (χ1) is 1.91. The Morgan fingerprint density at radius 2 is 1.20 bits per heavy atom. The van der Waals surface area contributed by atoms with Crippen LogP contribution in [0.4, 0.5) is 0 Å². The minimum Gasteiger partial charge on any atom is -0.0919 e. The fourth-order valence-electron chi connectivity index (χ4n) is 0. The molecule has 0 aromatic rings. The van der Waals surface area contributed by atoms with Gasteiger partial charge in [0, 0.05) is 34.3 Å². The molecule has 0 heterocycles. The van der Waals surface area contributed by atoms with E-state index in [9.17, 15) is 0 Å². The van der Waals surface area contributed by atoms with Gasteiger partial charge < -0.3 is 0 Å². The SMILES string of the molecule is BrCCBr.[Te]. The second kappa shape index (κ2) is 9.23. The van der Waals surface area contributed by atoms with Crippen molar-refractivity contribution < 1.29 is 0 Å². The van der Waals surface area contributed by atoms with E-state index in [-0.39, 0.29) is 23.7 Å². The van der Waals surface area contributed by atoms with Crippen LogP contribution in [0.5, 0.6) is 0 Å². The average molecular weight is 315 g/mol. The van der Waals surface area contributed by atoms with Crippen LogP contribution in [0.15, 0.2) is 0 Å². The van der Waals surface area contributed by atoms with Crippen LogP contribution in [-0.4, -0.2) is 34.3 Å². The zero-order chi connectivity index (χ0) is 3.41. The van der Waals surface area contributed by atoms with Gasteiger partial charge in [0.05, 0.1) is 0 Å². The molecule has 0 aliphatic rings. The molecule has 5 heavy (non-hydrogen) atoms. The van der Waals surface area contributed by atoms with Gasteiger partial charge in [-0.2, -0.15) is 0 Å². The predicted molar refractivity (Wildman–Crippen MR) is 33.3 cm³/mol. The molecular weight excluding hydrogens is 311 g/mol. The molecule has 3 heteroatoms. The van der Waals surface area contributed by atoms with E-state index in [1.54, 1.807) is 0 Å². The smallest absolute Gasteiger partial charge is 0.0129 e. The maximum atomic E-state index is 3.20. The first-order valence-corrected chi connectivity index (χ1v) is 3.28. The van der Waals surface area contributed by atoms with E-state index in [2.05, 4.69) is 31.9 Å². The van der Waals surface area contributed by atoms with Gasteiger partial charge >= 0.3 is 0 Å². The van der Waals surface area contributed by atoms with E-state index in [4.69, 9.17) is 0 Å². The number of hydrogen-bond acceptors (Lipinski definition) is 0. The second-order valence-electron chi connectivity index (χ2n) is 0.378. The molecule has 0 aliphatic heterocycles. The van der Waals surface area contributed by atoms with Crippen molar-refractivity contribution in [2.45, 2.75) is 0 Å². The Balaban J connectivity index is 0. The molecule has 0 rings (SSSR count). The van der Waals surface area contributed by atoms with Gasteiger partial charge in [0.1, 0.15) is 0 Å². The summed E-state index contributed by atoms with van der Waals surface area (Å²) >= 11 is 6.40. The van der Waals surface area contributed by atoms with Crippen LogP contribution in [0.25, 0.3) is 0 Å². The van der Waals surface area contributed by atoms with Crippen LogP contribution in [0.1, 0.15) is 0 Å². The third kappa shape index (κ3) is 10.7. The Hall–Kier alpha value is 1.75. The Kier molecular flexibility index (Phi) is 18.2. The third-order valence-corrected chi connectivity index (χ3v) is 1.93. The molecule has 0 unspecified atom stereocenters. The molecule has 0 amide bonds. The van der Waals surface area contributed by atoms with Crippen molar-refractivity contribution in [2.75, 3.05) is 10.7 Å². The Morgan fingerprint density at radius 1 is 1.00 bits per heavy atom. The largest absolute Gasteiger partial charge is 0.0919 e. The number of alkyl halides is 2. The molecular formula is C2H4Br2Te. The van der Waals surface area contributed by atoms with Crippen molar-refractivity contribution in [1.29, 1.82) is 0 Å². The normalized spacial score (nSPS) is 6.00. The molecule has 0 aliphatic carbocycles. The predicted octanol–water partition coefficient (Wildman–Crippen LogP) is 1.40. The molecule has 0 aromatic carbocycles. The number of halogens is 2. The first-order valence-electron chi connectivity index (χ1n) is 1.03. The van der Waals surface area contributed by atoms with E-state index >= 15 is 0 Å². The summed E-state index contributed by atoms with van der Waals surface area (Å²) in [5.74, 6) is 0. The summed E-state index contributed by atoms with van der Waals surface area (Å²) in [5.41, 5.74) is 0. The van der Waals surface area contributed by atoms with Gasteiger partial charge in [-0.1, -0.05) is 31.9 Å². The standard InChI is InChI=1S/C2H4Br2.Te/c3-1-2-4;/h1-2H2;. The zero-order valence-electron chi connectivity index (χ0n) is 2.58. The van der Waals surface area contributed by atoms with E-state index < -0.39 is 0 Å². The molecule has 0 nitrogen and oxygen atoms in total. The topological polar surface area (TPSA) is 0 Å². The van der Waals surface area contributed by atoms with Crippen LogP contribution >= 0.6 is 31.9 Å². The zero-order valence-corrected chi connectivity index (χ0v) is 8.08. The minimum atomic E-state index is 0. The molecule has 2 radical (unpaired) electrons. The summed E-state index contributed by atoms with van der Waals surface area (Å²) in [6.07, 6.45) is 0. The van der Waals surface area contributed by atoms with E-state index in [0.29, 0.717) is 0 Å². The quantitative estimate of drug-likeness (QED) is 0.507. The third-order valence-electron chi connectivity index (χ3n) is 0.0714. The van der Waals surface area contributed by atoms with Crippen LogP contribution < -0.4 is 0 Å². The number of rotatable bonds is 1. The summed E-state index contributed by atoms with van der Waals surface area (Å²) < 4.78 is 0. The van der Waals surface area contributed by atoms with Crippen LogP contribution in [0.2, 0.25) is 0 Å². The summed E-state index contributed by atoms with van der Waals surface area (Å²) in [6.45, 7) is 0. The van der Waals surface area contributed by atoms with Gasteiger partial charge in [-0.15, -0.1) is 0 Å². The second-order valence-corrected chi connectivity index (χ2v) is 1.96. The van der Waals surface area contributed by atoms with E-state index in [1.165, 1.54) is 0 Å². The van der Waals surface area contributed by atoms with Gasteiger partial charge in [0.25, 0.3) is 0 Å². The average Bonchev–Trinajstić information content (AvgIpc) is 1.37. The van der Waals surface area contributed by atoms with Crippen LogP contribution in [-0.2, 0) is 0 Å². The van der Waals surface area contributed by atoms with Gasteiger partial charge in [0.15, 0.2) is 0 Å². The van der Waals surface area contributed by atoms with Crippen LogP contribution in [0.3, 0.4) is 0 Å². The van der Waals surface area contributed by atoms with Crippen LogP contribution in [0, 0.1) is 0 Å². The Bertz CT molecular complexity index is 9.61. The molecule has 0 bridgehead atoms. The Labute approximate surface area is 65.7 Å². The van der Waals surface area contributed by atoms with Crippen molar-refractivity contribution in [2.24, 2.45) is 0 Å². The fourth-order valence-corrected chi connectivity index (χ4v) is 0. The van der Waals surface area contributed by atoms with Gasteiger partial charge in [-0.05, 0) is 0 Å². The fraction of sp³-hybridized carbons (Fsp3) is 1.00. The number of hydrogen-bond donors (Lipinski definition) is 0. The summed E-state index contributed by atoms with van der Waals surface area (Å²) in [5, 5.41) is 2.10. The molecule has 0 atom stereocenters. The summed E-state index contributed by atoms with van der Waals surface area (Å²) in [6, 6.07) is 0. The molecule has 0 saturated carbocycles. The van der Waals surface area contributed by atoms with Crippen molar-refractivity contribution in [3.05, 3.63) is 0 Å². The molecule has 0 saturated heterocycles. The molecule has 0 N–H and O–H groups in total. The molecule has 0 fully saturated rings. The maximum Gasteiger partial charge on any atom is 0.0129 e. The van der Waals surface area contributed by atoms with Crippen molar-refractivity contribution in [3.8, 4) is 0 Å².